The predicted octanol–water partition coefficient (Wildman–Crippen LogP) is 2.61. The quantitative estimate of drug-likeness (QED) is 0.382. The Morgan fingerprint density at radius 1 is 0.875 bits per heavy atom. The average molecular weight is 458 g/mol. The van der Waals surface area contributed by atoms with Gasteiger partial charge in [0.15, 0.2) is 0 Å². The van der Waals surface area contributed by atoms with Crippen LogP contribution in [0, 0.1) is 15.9 Å². The molecule has 164 valence electrons. The van der Waals surface area contributed by atoms with Crippen molar-refractivity contribution in [3.8, 4) is 0 Å². The fourth-order valence-corrected chi connectivity index (χ4v) is 3.71. The van der Waals surface area contributed by atoms with Crippen molar-refractivity contribution in [3.05, 3.63) is 99.9 Å². The molecule has 0 aliphatic heterocycles. The molecule has 32 heavy (non-hydrogen) atoms. The van der Waals surface area contributed by atoms with Gasteiger partial charge in [-0.3, -0.25) is 35.3 Å². The monoisotopic (exact) mass is 458 g/mol. The Labute approximate surface area is 181 Å². The number of nitro groups is 1. The number of benzene rings is 3. The van der Waals surface area contributed by atoms with Crippen LogP contribution in [-0.2, 0) is 10.0 Å². The van der Waals surface area contributed by atoms with Crippen LogP contribution in [0.2, 0.25) is 0 Å². The molecule has 0 atom stereocenters. The normalized spacial score (nSPS) is 10.8. The average Bonchev–Trinajstić information content (AvgIpc) is 2.78. The molecule has 0 saturated carbocycles. The largest absolute Gasteiger partial charge is 0.279 e. The molecule has 0 aliphatic carbocycles. The number of sulfonamides is 1. The fraction of sp³-hybridized carbons (Fsp3) is 0. The molecule has 0 bridgehead atoms. The van der Waals surface area contributed by atoms with Gasteiger partial charge in [-0.2, -0.15) is 0 Å². The van der Waals surface area contributed by atoms with Gasteiger partial charge in [0, 0.05) is 17.7 Å². The SMILES string of the molecule is O=C(NNC(=O)c1ccccc1NS(=O)(=O)c1cccc([N+](=O)[O-])c1)c1ccc(F)cc1. The number of carbonyl (C=O) groups excluding carboxylic acids is 2. The summed E-state index contributed by atoms with van der Waals surface area (Å²) in [5.41, 5.74) is 3.72. The second-order valence-electron chi connectivity index (χ2n) is 6.32. The smallest absolute Gasteiger partial charge is 0.271 e. The van der Waals surface area contributed by atoms with Crippen molar-refractivity contribution in [2.45, 2.75) is 4.90 Å². The maximum Gasteiger partial charge on any atom is 0.271 e. The maximum atomic E-state index is 13.0. The Bertz CT molecular complexity index is 1300. The summed E-state index contributed by atoms with van der Waals surface area (Å²) in [4.78, 5) is 34.4. The minimum Gasteiger partial charge on any atom is -0.279 e. The highest BCUT2D eigenvalue weighted by Crippen LogP contribution is 2.22. The first-order valence-electron chi connectivity index (χ1n) is 8.90. The van der Waals surface area contributed by atoms with E-state index >= 15 is 0 Å². The highest BCUT2D eigenvalue weighted by molar-refractivity contribution is 7.92. The number of hydrogen-bond acceptors (Lipinski definition) is 6. The number of hydrogen-bond donors (Lipinski definition) is 3. The minimum atomic E-state index is -4.26. The molecule has 0 aromatic heterocycles. The number of para-hydroxylation sites is 1. The number of nitrogens with one attached hydrogen (secondary N) is 3. The topological polar surface area (TPSA) is 148 Å². The van der Waals surface area contributed by atoms with Crippen LogP contribution in [0.25, 0.3) is 0 Å². The third-order valence-corrected chi connectivity index (χ3v) is 5.51. The van der Waals surface area contributed by atoms with Gasteiger partial charge in [-0.15, -0.1) is 0 Å². The van der Waals surface area contributed by atoms with E-state index in [1.54, 1.807) is 0 Å². The molecular formula is C20H15FN4O6S. The number of carbonyl (C=O) groups is 2. The molecule has 0 aliphatic rings. The standard InChI is InChI=1S/C20H15FN4O6S/c21-14-10-8-13(9-11-14)19(26)22-23-20(27)17-6-1-2-7-18(17)24-32(30,31)16-5-3-4-15(12-16)25(28)29/h1-12,24H,(H,22,26)(H,23,27). The minimum absolute atomic E-state index is 0.0892. The van der Waals surface area contributed by atoms with Crippen LogP contribution >= 0.6 is 0 Å². The Balaban J connectivity index is 1.77. The molecule has 2 amide bonds. The Kier molecular flexibility index (Phi) is 6.45. The molecule has 0 unspecified atom stereocenters. The van der Waals surface area contributed by atoms with Crippen LogP contribution in [0.1, 0.15) is 20.7 Å². The molecule has 0 radical (unpaired) electrons. The van der Waals surface area contributed by atoms with Crippen LogP contribution in [0.15, 0.2) is 77.7 Å². The number of halogens is 1. The van der Waals surface area contributed by atoms with Gasteiger partial charge in [0.25, 0.3) is 27.5 Å². The van der Waals surface area contributed by atoms with Crippen molar-refractivity contribution in [2.75, 3.05) is 4.72 Å². The zero-order chi connectivity index (χ0) is 23.3. The number of nitrogens with zero attached hydrogens (tertiary/aromatic N) is 1. The molecule has 3 rings (SSSR count). The summed E-state index contributed by atoms with van der Waals surface area (Å²) in [7, 11) is -4.26. The molecule has 0 saturated heterocycles. The van der Waals surface area contributed by atoms with E-state index in [-0.39, 0.29) is 21.7 Å². The molecular weight excluding hydrogens is 443 g/mol. The van der Waals surface area contributed by atoms with E-state index in [9.17, 15) is 32.5 Å². The van der Waals surface area contributed by atoms with E-state index in [1.807, 2.05) is 0 Å². The second-order valence-corrected chi connectivity index (χ2v) is 8.00. The van der Waals surface area contributed by atoms with Gasteiger partial charge in [-0.25, -0.2) is 12.8 Å². The Morgan fingerprint density at radius 3 is 2.22 bits per heavy atom. The molecule has 12 heteroatoms. The van der Waals surface area contributed by atoms with E-state index < -0.39 is 38.3 Å². The Hall–Kier alpha value is -4.32. The van der Waals surface area contributed by atoms with Crippen molar-refractivity contribution in [1.29, 1.82) is 0 Å². The van der Waals surface area contributed by atoms with Gasteiger partial charge < -0.3 is 0 Å². The summed E-state index contributed by atoms with van der Waals surface area (Å²) in [6.07, 6.45) is 0. The molecule has 0 spiro atoms. The lowest BCUT2D eigenvalue weighted by atomic mass is 10.2. The molecule has 10 nitrogen and oxygen atoms in total. The Morgan fingerprint density at radius 2 is 1.53 bits per heavy atom. The van der Waals surface area contributed by atoms with Crippen LogP contribution < -0.4 is 15.6 Å². The summed E-state index contributed by atoms with van der Waals surface area (Å²) in [5, 5.41) is 10.9. The first-order valence-corrected chi connectivity index (χ1v) is 10.4. The number of nitro benzene ring substituents is 1. The van der Waals surface area contributed by atoms with Crippen LogP contribution in [0.5, 0.6) is 0 Å². The molecule has 3 N–H and O–H groups in total. The van der Waals surface area contributed by atoms with Crippen molar-refractivity contribution in [1.82, 2.24) is 10.9 Å². The van der Waals surface area contributed by atoms with Gasteiger partial charge in [0.05, 0.1) is 21.1 Å². The van der Waals surface area contributed by atoms with Gasteiger partial charge in [0.1, 0.15) is 5.82 Å². The van der Waals surface area contributed by atoms with Gasteiger partial charge in [-0.05, 0) is 42.5 Å². The first kappa shape index (κ1) is 22.4. The zero-order valence-electron chi connectivity index (χ0n) is 16.1. The summed E-state index contributed by atoms with van der Waals surface area (Å²) in [5.74, 6) is -2.08. The lowest BCUT2D eigenvalue weighted by molar-refractivity contribution is -0.385. The lowest BCUT2D eigenvalue weighted by Gasteiger charge is -2.13. The summed E-state index contributed by atoms with van der Waals surface area (Å²) in [6.45, 7) is 0. The van der Waals surface area contributed by atoms with Gasteiger partial charge >= 0.3 is 0 Å². The van der Waals surface area contributed by atoms with Crippen molar-refractivity contribution < 1.29 is 27.3 Å². The fourth-order valence-electron chi connectivity index (χ4n) is 2.59. The molecule has 3 aromatic rings. The number of anilines is 1. The first-order chi connectivity index (χ1) is 15.2. The number of amides is 2. The molecule has 0 fully saturated rings. The van der Waals surface area contributed by atoms with Gasteiger partial charge in [-0.1, -0.05) is 18.2 Å². The number of rotatable bonds is 6. The number of non-ortho nitro benzene ring substituents is 1. The molecule has 3 aromatic carbocycles. The van der Waals surface area contributed by atoms with Crippen LogP contribution in [-0.4, -0.2) is 25.2 Å². The summed E-state index contributed by atoms with van der Waals surface area (Å²) < 4.78 is 40.5. The van der Waals surface area contributed by atoms with Crippen molar-refractivity contribution in [3.63, 3.8) is 0 Å². The lowest BCUT2D eigenvalue weighted by Crippen LogP contribution is -2.41. The van der Waals surface area contributed by atoms with E-state index in [2.05, 4.69) is 15.6 Å². The molecule has 0 heterocycles. The van der Waals surface area contributed by atoms with Crippen molar-refractivity contribution in [2.24, 2.45) is 0 Å². The third kappa shape index (κ3) is 5.23. The van der Waals surface area contributed by atoms with E-state index in [0.717, 1.165) is 24.3 Å². The van der Waals surface area contributed by atoms with Crippen molar-refractivity contribution >= 4 is 33.2 Å². The highest BCUT2D eigenvalue weighted by atomic mass is 32.2. The van der Waals surface area contributed by atoms with Crippen LogP contribution in [0.3, 0.4) is 0 Å². The van der Waals surface area contributed by atoms with E-state index in [1.165, 1.54) is 48.5 Å². The summed E-state index contributed by atoms with van der Waals surface area (Å²) >= 11 is 0. The predicted molar refractivity (Wildman–Crippen MR) is 112 cm³/mol. The summed E-state index contributed by atoms with van der Waals surface area (Å²) in [6, 6.07) is 14.6. The second kappa shape index (κ2) is 9.22. The van der Waals surface area contributed by atoms with Gasteiger partial charge in [0.2, 0.25) is 0 Å². The number of hydrazine groups is 1. The van der Waals surface area contributed by atoms with E-state index in [4.69, 9.17) is 0 Å². The highest BCUT2D eigenvalue weighted by Gasteiger charge is 2.21. The van der Waals surface area contributed by atoms with Crippen LogP contribution in [0.4, 0.5) is 15.8 Å². The zero-order valence-corrected chi connectivity index (χ0v) is 16.9. The third-order valence-electron chi connectivity index (χ3n) is 4.15. The maximum absolute atomic E-state index is 13.0. The van der Waals surface area contributed by atoms with E-state index in [0.29, 0.717) is 0 Å².